The first-order valence-corrected chi connectivity index (χ1v) is 4.93. The Morgan fingerprint density at radius 3 is 2.50 bits per heavy atom. The summed E-state index contributed by atoms with van der Waals surface area (Å²) < 4.78 is 13.4. The van der Waals surface area contributed by atoms with E-state index in [-0.39, 0.29) is 11.4 Å². The molecule has 0 aliphatic rings. The van der Waals surface area contributed by atoms with Crippen LogP contribution in [0.4, 0.5) is 4.39 Å². The van der Waals surface area contributed by atoms with Crippen LogP contribution < -0.4 is 5.73 Å². The van der Waals surface area contributed by atoms with Crippen LogP contribution in [0.15, 0.2) is 18.2 Å². The Labute approximate surface area is 85.1 Å². The van der Waals surface area contributed by atoms with Crippen molar-refractivity contribution in [2.45, 2.75) is 39.2 Å². The quantitative estimate of drug-likeness (QED) is 0.788. The molecule has 78 valence electrons. The minimum Gasteiger partial charge on any atom is -0.326 e. The van der Waals surface area contributed by atoms with E-state index in [2.05, 4.69) is 0 Å². The largest absolute Gasteiger partial charge is 0.326 e. The molecule has 14 heavy (non-hydrogen) atoms. The minimum atomic E-state index is -0.227. The maximum atomic E-state index is 13.4. The van der Waals surface area contributed by atoms with Gasteiger partial charge in [-0.05, 0) is 50.8 Å². The second kappa shape index (κ2) is 4.09. The molecule has 0 bridgehead atoms. The lowest BCUT2D eigenvalue weighted by atomic mass is 9.94. The van der Waals surface area contributed by atoms with Crippen molar-refractivity contribution in [1.29, 1.82) is 0 Å². The van der Waals surface area contributed by atoms with Crippen LogP contribution in [-0.4, -0.2) is 5.54 Å². The second-order valence-electron chi connectivity index (χ2n) is 4.52. The minimum absolute atomic E-state index is 0.116. The topological polar surface area (TPSA) is 26.0 Å². The first-order chi connectivity index (χ1) is 6.40. The Hall–Kier alpha value is -0.890. The molecule has 0 amide bonds. The van der Waals surface area contributed by atoms with E-state index in [1.807, 2.05) is 26.8 Å². The van der Waals surface area contributed by atoms with Gasteiger partial charge >= 0.3 is 0 Å². The van der Waals surface area contributed by atoms with Crippen molar-refractivity contribution in [3.63, 3.8) is 0 Å². The summed E-state index contributed by atoms with van der Waals surface area (Å²) in [6.45, 7) is 5.86. The molecule has 1 rings (SSSR count). The molecule has 0 saturated heterocycles. The molecule has 1 nitrogen and oxygen atoms in total. The van der Waals surface area contributed by atoms with E-state index < -0.39 is 0 Å². The molecule has 0 aliphatic carbocycles. The van der Waals surface area contributed by atoms with E-state index in [1.54, 1.807) is 6.07 Å². The molecular weight excluding hydrogens is 177 g/mol. The fraction of sp³-hybridized carbons (Fsp3) is 0.500. The van der Waals surface area contributed by atoms with Crippen molar-refractivity contribution >= 4 is 0 Å². The maximum Gasteiger partial charge on any atom is 0.126 e. The molecule has 0 unspecified atom stereocenters. The molecule has 0 spiro atoms. The molecule has 2 heteroatoms. The molecular formula is C12H18FN. The van der Waals surface area contributed by atoms with Gasteiger partial charge in [-0.25, -0.2) is 4.39 Å². The number of nitrogens with two attached hydrogens (primary N) is 1. The fourth-order valence-electron chi connectivity index (χ4n) is 1.43. The highest BCUT2D eigenvalue weighted by Crippen LogP contribution is 2.17. The molecule has 2 N–H and O–H groups in total. The summed E-state index contributed by atoms with van der Waals surface area (Å²) in [5, 5.41) is 0. The van der Waals surface area contributed by atoms with Crippen molar-refractivity contribution in [2.24, 2.45) is 5.73 Å². The number of halogens is 1. The van der Waals surface area contributed by atoms with Crippen molar-refractivity contribution < 1.29 is 4.39 Å². The zero-order chi connectivity index (χ0) is 10.8. The van der Waals surface area contributed by atoms with Gasteiger partial charge < -0.3 is 5.73 Å². The Kier molecular flexibility index (Phi) is 3.27. The first-order valence-electron chi connectivity index (χ1n) is 4.93. The Morgan fingerprint density at radius 2 is 2.00 bits per heavy atom. The van der Waals surface area contributed by atoms with Gasteiger partial charge in [0.1, 0.15) is 5.82 Å². The predicted octanol–water partition coefficient (Wildman–Crippen LogP) is 2.80. The van der Waals surface area contributed by atoms with E-state index in [0.717, 1.165) is 17.5 Å². The molecule has 0 fully saturated rings. The van der Waals surface area contributed by atoms with Crippen LogP contribution in [0.1, 0.15) is 31.4 Å². The van der Waals surface area contributed by atoms with E-state index in [0.29, 0.717) is 6.42 Å². The van der Waals surface area contributed by atoms with Crippen LogP contribution in [0.3, 0.4) is 0 Å². The third-order valence-corrected chi connectivity index (χ3v) is 2.37. The molecule has 0 heterocycles. The van der Waals surface area contributed by atoms with Crippen LogP contribution in [0.2, 0.25) is 0 Å². The summed E-state index contributed by atoms with van der Waals surface area (Å²) >= 11 is 0. The molecule has 0 saturated carbocycles. The smallest absolute Gasteiger partial charge is 0.126 e. The van der Waals surface area contributed by atoms with Gasteiger partial charge in [0.05, 0.1) is 0 Å². The highest BCUT2D eigenvalue weighted by Gasteiger charge is 2.13. The normalized spacial score (nSPS) is 11.8. The average molecular weight is 195 g/mol. The summed E-state index contributed by atoms with van der Waals surface area (Å²) in [6.07, 6.45) is 1.51. The predicted molar refractivity (Wildman–Crippen MR) is 57.7 cm³/mol. The average Bonchev–Trinajstić information content (AvgIpc) is 2.01. The SMILES string of the molecule is Cc1cccc(F)c1CCC(C)(C)N. The summed E-state index contributed by atoms with van der Waals surface area (Å²) in [7, 11) is 0. The van der Waals surface area contributed by atoms with Crippen LogP contribution in [-0.2, 0) is 6.42 Å². The van der Waals surface area contributed by atoms with Gasteiger partial charge in [0.2, 0.25) is 0 Å². The summed E-state index contributed by atoms with van der Waals surface area (Å²) in [5.74, 6) is -0.116. The third kappa shape index (κ3) is 3.11. The Balaban J connectivity index is 2.77. The molecule has 0 radical (unpaired) electrons. The van der Waals surface area contributed by atoms with Gasteiger partial charge in [0.25, 0.3) is 0 Å². The second-order valence-corrected chi connectivity index (χ2v) is 4.52. The number of rotatable bonds is 3. The highest BCUT2D eigenvalue weighted by atomic mass is 19.1. The van der Waals surface area contributed by atoms with E-state index in [9.17, 15) is 4.39 Å². The van der Waals surface area contributed by atoms with Crippen molar-refractivity contribution in [3.8, 4) is 0 Å². The van der Waals surface area contributed by atoms with Gasteiger partial charge in [-0.1, -0.05) is 12.1 Å². The zero-order valence-corrected chi connectivity index (χ0v) is 9.10. The Bertz CT molecular complexity index is 292. The van der Waals surface area contributed by atoms with E-state index >= 15 is 0 Å². The highest BCUT2D eigenvalue weighted by molar-refractivity contribution is 5.27. The first kappa shape index (κ1) is 11.2. The van der Waals surface area contributed by atoms with Gasteiger partial charge in [-0.2, -0.15) is 0 Å². The zero-order valence-electron chi connectivity index (χ0n) is 9.10. The fourth-order valence-corrected chi connectivity index (χ4v) is 1.43. The lowest BCUT2D eigenvalue weighted by Gasteiger charge is -2.18. The van der Waals surface area contributed by atoms with Crippen LogP contribution in [0, 0.1) is 12.7 Å². The lowest BCUT2D eigenvalue weighted by molar-refractivity contribution is 0.469. The van der Waals surface area contributed by atoms with Gasteiger partial charge in [-0.15, -0.1) is 0 Å². The third-order valence-electron chi connectivity index (χ3n) is 2.37. The summed E-state index contributed by atoms with van der Waals surface area (Å²) in [5.41, 5.74) is 7.44. The summed E-state index contributed by atoms with van der Waals surface area (Å²) in [4.78, 5) is 0. The van der Waals surface area contributed by atoms with Gasteiger partial charge in [-0.3, -0.25) is 0 Å². The van der Waals surface area contributed by atoms with Gasteiger partial charge in [0, 0.05) is 5.54 Å². The van der Waals surface area contributed by atoms with Crippen molar-refractivity contribution in [3.05, 3.63) is 35.1 Å². The molecule has 0 atom stereocenters. The van der Waals surface area contributed by atoms with Crippen LogP contribution >= 0.6 is 0 Å². The summed E-state index contributed by atoms with van der Waals surface area (Å²) in [6, 6.07) is 5.18. The Morgan fingerprint density at radius 1 is 1.36 bits per heavy atom. The van der Waals surface area contributed by atoms with Crippen molar-refractivity contribution in [1.82, 2.24) is 0 Å². The molecule has 1 aromatic rings. The monoisotopic (exact) mass is 195 g/mol. The standard InChI is InChI=1S/C12H18FN/c1-9-5-4-6-11(13)10(9)7-8-12(2,3)14/h4-6H,7-8,14H2,1-3H3. The van der Waals surface area contributed by atoms with Crippen molar-refractivity contribution in [2.75, 3.05) is 0 Å². The maximum absolute atomic E-state index is 13.4. The van der Waals surface area contributed by atoms with Gasteiger partial charge in [0.15, 0.2) is 0 Å². The molecule has 1 aromatic carbocycles. The van der Waals surface area contributed by atoms with E-state index in [4.69, 9.17) is 5.73 Å². The number of hydrogen-bond donors (Lipinski definition) is 1. The number of aryl methyl sites for hydroxylation is 1. The van der Waals surface area contributed by atoms with Crippen LogP contribution in [0.25, 0.3) is 0 Å². The number of benzene rings is 1. The number of hydrogen-bond acceptors (Lipinski definition) is 1. The lowest BCUT2D eigenvalue weighted by Crippen LogP contribution is -2.32. The van der Waals surface area contributed by atoms with Crippen LogP contribution in [0.5, 0.6) is 0 Å². The molecule has 0 aliphatic heterocycles. The molecule has 0 aromatic heterocycles. The van der Waals surface area contributed by atoms with E-state index in [1.165, 1.54) is 6.07 Å².